The van der Waals surface area contributed by atoms with Gasteiger partial charge in [0.15, 0.2) is 0 Å². The van der Waals surface area contributed by atoms with Gasteiger partial charge in [0.25, 0.3) is 5.91 Å². The first kappa shape index (κ1) is 16.1. The number of carbonyl (C=O) groups excluding carboxylic acids is 1. The number of hydrogen-bond acceptors (Lipinski definition) is 3. The average molecular weight is 311 g/mol. The van der Waals surface area contributed by atoms with Crippen LogP contribution in [0.3, 0.4) is 0 Å². The molecule has 1 aliphatic heterocycles. The third kappa shape index (κ3) is 4.11. The number of ether oxygens (including phenoxy) is 1. The standard InChI is InChI=1S/C16H23ClN2O2/c1-3-8-21-15-5-4-13(17)9-14(15)16(20)19-7-6-12(11-19)10-18-2/h4-5,9,12,18H,3,6-8,10-11H2,1-2H3. The van der Waals surface area contributed by atoms with Crippen LogP contribution in [-0.4, -0.2) is 44.1 Å². The normalized spacial score (nSPS) is 18.0. The molecule has 21 heavy (non-hydrogen) atoms. The third-order valence-electron chi connectivity index (χ3n) is 3.70. The molecule has 0 saturated carbocycles. The summed E-state index contributed by atoms with van der Waals surface area (Å²) in [5.41, 5.74) is 0.570. The van der Waals surface area contributed by atoms with Crippen molar-refractivity contribution >= 4 is 17.5 Å². The number of nitrogens with one attached hydrogen (secondary N) is 1. The summed E-state index contributed by atoms with van der Waals surface area (Å²) in [6.45, 7) is 5.17. The Balaban J connectivity index is 2.12. The van der Waals surface area contributed by atoms with Crippen LogP contribution < -0.4 is 10.1 Å². The predicted molar refractivity (Wildman–Crippen MR) is 85.2 cm³/mol. The van der Waals surface area contributed by atoms with Crippen molar-refractivity contribution in [2.24, 2.45) is 5.92 Å². The molecule has 0 radical (unpaired) electrons. The lowest BCUT2D eigenvalue weighted by Gasteiger charge is -2.19. The quantitative estimate of drug-likeness (QED) is 0.878. The Kier molecular flexibility index (Phi) is 5.88. The zero-order valence-corrected chi connectivity index (χ0v) is 13.4. The number of likely N-dealkylation sites (tertiary alicyclic amines) is 1. The molecule has 1 heterocycles. The van der Waals surface area contributed by atoms with Crippen molar-refractivity contribution in [2.75, 3.05) is 33.3 Å². The second-order valence-electron chi connectivity index (χ2n) is 5.45. The summed E-state index contributed by atoms with van der Waals surface area (Å²) in [7, 11) is 1.94. The highest BCUT2D eigenvalue weighted by molar-refractivity contribution is 6.31. The Morgan fingerprint density at radius 1 is 1.52 bits per heavy atom. The first-order chi connectivity index (χ1) is 10.2. The Morgan fingerprint density at radius 3 is 3.05 bits per heavy atom. The van der Waals surface area contributed by atoms with Crippen LogP contribution in [0, 0.1) is 5.92 Å². The van der Waals surface area contributed by atoms with Crippen molar-refractivity contribution in [3.05, 3.63) is 28.8 Å². The minimum atomic E-state index is 0.0159. The topological polar surface area (TPSA) is 41.6 Å². The molecule has 1 unspecified atom stereocenters. The molecule has 0 spiro atoms. The molecule has 1 fully saturated rings. The van der Waals surface area contributed by atoms with Crippen LogP contribution in [0.4, 0.5) is 0 Å². The van der Waals surface area contributed by atoms with E-state index in [0.29, 0.717) is 28.9 Å². The number of benzene rings is 1. The van der Waals surface area contributed by atoms with E-state index >= 15 is 0 Å². The van der Waals surface area contributed by atoms with Gasteiger partial charge in [-0.05, 0) is 50.6 Å². The molecule has 1 atom stereocenters. The van der Waals surface area contributed by atoms with E-state index in [2.05, 4.69) is 5.32 Å². The minimum Gasteiger partial charge on any atom is -0.493 e. The van der Waals surface area contributed by atoms with Crippen molar-refractivity contribution in [3.8, 4) is 5.75 Å². The average Bonchev–Trinajstić information content (AvgIpc) is 2.94. The second kappa shape index (κ2) is 7.66. The highest BCUT2D eigenvalue weighted by Gasteiger charge is 2.28. The molecule has 0 aromatic heterocycles. The summed E-state index contributed by atoms with van der Waals surface area (Å²) in [5, 5.41) is 3.74. The van der Waals surface area contributed by atoms with Gasteiger partial charge in [0, 0.05) is 18.1 Å². The number of halogens is 1. The van der Waals surface area contributed by atoms with Crippen LogP contribution in [0.25, 0.3) is 0 Å². The van der Waals surface area contributed by atoms with Gasteiger partial charge >= 0.3 is 0 Å². The van der Waals surface area contributed by atoms with E-state index in [9.17, 15) is 4.79 Å². The molecular formula is C16H23ClN2O2. The Morgan fingerprint density at radius 2 is 2.33 bits per heavy atom. The zero-order valence-electron chi connectivity index (χ0n) is 12.7. The molecule has 1 aromatic carbocycles. The van der Waals surface area contributed by atoms with E-state index in [1.54, 1.807) is 18.2 Å². The van der Waals surface area contributed by atoms with Gasteiger partial charge in [-0.3, -0.25) is 4.79 Å². The van der Waals surface area contributed by atoms with Crippen molar-refractivity contribution < 1.29 is 9.53 Å². The Hall–Kier alpha value is -1.26. The molecule has 1 aromatic rings. The molecular weight excluding hydrogens is 288 g/mol. The van der Waals surface area contributed by atoms with Crippen LogP contribution in [-0.2, 0) is 0 Å². The first-order valence-electron chi connectivity index (χ1n) is 7.52. The van der Waals surface area contributed by atoms with Crippen LogP contribution >= 0.6 is 11.6 Å². The molecule has 4 nitrogen and oxygen atoms in total. The maximum absolute atomic E-state index is 12.7. The largest absolute Gasteiger partial charge is 0.493 e. The first-order valence-corrected chi connectivity index (χ1v) is 7.89. The maximum Gasteiger partial charge on any atom is 0.257 e. The summed E-state index contributed by atoms with van der Waals surface area (Å²) >= 11 is 6.04. The molecule has 1 N–H and O–H groups in total. The molecule has 116 valence electrons. The molecule has 1 amide bonds. The molecule has 0 aliphatic carbocycles. The summed E-state index contributed by atoms with van der Waals surface area (Å²) in [6, 6.07) is 5.25. The molecule has 0 bridgehead atoms. The molecule has 5 heteroatoms. The van der Waals surface area contributed by atoms with Gasteiger partial charge in [0.1, 0.15) is 5.75 Å². The van der Waals surface area contributed by atoms with E-state index < -0.39 is 0 Å². The monoisotopic (exact) mass is 310 g/mol. The van der Waals surface area contributed by atoms with E-state index in [-0.39, 0.29) is 5.91 Å². The van der Waals surface area contributed by atoms with E-state index in [4.69, 9.17) is 16.3 Å². The maximum atomic E-state index is 12.7. The molecule has 1 saturated heterocycles. The predicted octanol–water partition coefficient (Wildman–Crippen LogP) is 2.81. The fraction of sp³-hybridized carbons (Fsp3) is 0.562. The Bertz CT molecular complexity index is 493. The fourth-order valence-electron chi connectivity index (χ4n) is 2.65. The summed E-state index contributed by atoms with van der Waals surface area (Å²) in [6.07, 6.45) is 1.95. The zero-order chi connectivity index (χ0) is 15.2. The highest BCUT2D eigenvalue weighted by Crippen LogP contribution is 2.27. The summed E-state index contributed by atoms with van der Waals surface area (Å²) < 4.78 is 5.68. The van der Waals surface area contributed by atoms with Gasteiger partial charge in [-0.1, -0.05) is 18.5 Å². The van der Waals surface area contributed by atoms with Crippen LogP contribution in [0.1, 0.15) is 30.1 Å². The molecule has 2 rings (SSSR count). The summed E-state index contributed by atoms with van der Waals surface area (Å²) in [4.78, 5) is 14.6. The lowest BCUT2D eigenvalue weighted by Crippen LogP contribution is -2.30. The van der Waals surface area contributed by atoms with Crippen LogP contribution in [0.5, 0.6) is 5.75 Å². The van der Waals surface area contributed by atoms with Crippen molar-refractivity contribution in [2.45, 2.75) is 19.8 Å². The van der Waals surface area contributed by atoms with Gasteiger partial charge < -0.3 is 15.0 Å². The highest BCUT2D eigenvalue weighted by atomic mass is 35.5. The number of carbonyl (C=O) groups is 1. The summed E-state index contributed by atoms with van der Waals surface area (Å²) in [5.74, 6) is 1.17. The van der Waals surface area contributed by atoms with Gasteiger partial charge in [-0.25, -0.2) is 0 Å². The second-order valence-corrected chi connectivity index (χ2v) is 5.89. The lowest BCUT2D eigenvalue weighted by molar-refractivity contribution is 0.0782. The number of hydrogen-bond donors (Lipinski definition) is 1. The number of rotatable bonds is 6. The van der Waals surface area contributed by atoms with Crippen molar-refractivity contribution in [3.63, 3.8) is 0 Å². The van der Waals surface area contributed by atoms with Gasteiger partial charge in [0.2, 0.25) is 0 Å². The van der Waals surface area contributed by atoms with Crippen LogP contribution in [0.15, 0.2) is 18.2 Å². The van der Waals surface area contributed by atoms with Gasteiger partial charge in [-0.15, -0.1) is 0 Å². The third-order valence-corrected chi connectivity index (χ3v) is 3.93. The number of nitrogens with zero attached hydrogens (tertiary/aromatic N) is 1. The van der Waals surface area contributed by atoms with Gasteiger partial charge in [-0.2, -0.15) is 0 Å². The van der Waals surface area contributed by atoms with E-state index in [0.717, 1.165) is 32.5 Å². The van der Waals surface area contributed by atoms with Crippen molar-refractivity contribution in [1.82, 2.24) is 10.2 Å². The minimum absolute atomic E-state index is 0.0159. The van der Waals surface area contributed by atoms with Gasteiger partial charge in [0.05, 0.1) is 12.2 Å². The van der Waals surface area contributed by atoms with E-state index in [1.807, 2.05) is 18.9 Å². The SMILES string of the molecule is CCCOc1ccc(Cl)cc1C(=O)N1CCC(CNC)C1. The number of amides is 1. The fourth-order valence-corrected chi connectivity index (χ4v) is 2.82. The molecule has 1 aliphatic rings. The van der Waals surface area contributed by atoms with Crippen molar-refractivity contribution in [1.29, 1.82) is 0 Å². The van der Waals surface area contributed by atoms with E-state index in [1.165, 1.54) is 0 Å². The smallest absolute Gasteiger partial charge is 0.257 e. The lowest BCUT2D eigenvalue weighted by atomic mass is 10.1. The Labute approximate surface area is 131 Å². The van der Waals surface area contributed by atoms with Crippen LogP contribution in [0.2, 0.25) is 5.02 Å².